The Balaban J connectivity index is 1.43. The Morgan fingerprint density at radius 3 is 2.14 bits per heavy atom. The number of pyridine rings is 1. The number of rotatable bonds is 20. The van der Waals surface area contributed by atoms with E-state index in [4.69, 9.17) is 26.1 Å². The Kier molecular flexibility index (Phi) is 15.7. The second-order valence-electron chi connectivity index (χ2n) is 19.9. The highest BCUT2D eigenvalue weighted by atomic mass is 35.5. The number of hydrogen-bond acceptors (Lipinski definition) is 12. The van der Waals surface area contributed by atoms with Gasteiger partial charge in [0.25, 0.3) is 5.92 Å². The lowest BCUT2D eigenvalue weighted by Gasteiger charge is -2.25. The number of halogens is 11. The lowest BCUT2D eigenvalue weighted by atomic mass is 9.93. The number of benzene rings is 2. The third-order valence-electron chi connectivity index (χ3n) is 13.0. The summed E-state index contributed by atoms with van der Waals surface area (Å²) in [5, 5.41) is 8.77. The Hall–Kier alpha value is -5.39. The van der Waals surface area contributed by atoms with Crippen LogP contribution in [0.25, 0.3) is 22.0 Å². The second-order valence-corrected chi connectivity index (χ2v) is 26.1. The molecule has 18 nitrogen and oxygen atoms in total. The SMILES string of the molecule is CC(C)(COP(=O)(O)O)C(=O)OCN(c1nn(CC(F)(F)F)c2c(-c3ccc(CCC(C)(C)S(C)(=O)=O)nc3[C@H](Cc3cc(F)cc(F)c3)NC(=O)Cn3nc(C(F)(F)F)c4c3C(F)(F)[C@@H]3CC43)ccc(Cl)c12)S(C)(=O)=O. The number of anilines is 1. The van der Waals surface area contributed by atoms with Gasteiger partial charge in [-0.25, -0.2) is 34.5 Å². The summed E-state index contributed by atoms with van der Waals surface area (Å²) in [6, 6.07) is 5.05. The van der Waals surface area contributed by atoms with Crippen LogP contribution in [0.15, 0.2) is 42.5 Å². The molecule has 0 radical (unpaired) electrons. The number of phosphoric ester groups is 1. The number of aromatic nitrogens is 5. The molecule has 5 aromatic rings. The van der Waals surface area contributed by atoms with E-state index in [1.807, 2.05) is 0 Å². The predicted molar refractivity (Wildman–Crippen MR) is 254 cm³/mol. The third kappa shape index (κ3) is 12.9. The first-order chi connectivity index (χ1) is 35.1. The number of alkyl halides is 8. The van der Waals surface area contributed by atoms with E-state index in [1.54, 1.807) is 0 Å². The Morgan fingerprint density at radius 1 is 0.948 bits per heavy atom. The van der Waals surface area contributed by atoms with Crippen LogP contribution in [0.1, 0.15) is 86.4 Å². The summed E-state index contributed by atoms with van der Waals surface area (Å²) in [4.78, 5) is 50.5. The van der Waals surface area contributed by atoms with Gasteiger partial charge in [-0.2, -0.15) is 45.3 Å². The molecule has 422 valence electrons. The highest BCUT2D eigenvalue weighted by Crippen LogP contribution is 2.68. The Morgan fingerprint density at radius 2 is 1.57 bits per heavy atom. The molecule has 2 aromatic carbocycles. The van der Waals surface area contributed by atoms with Crippen molar-refractivity contribution in [2.75, 3.05) is 30.2 Å². The summed E-state index contributed by atoms with van der Waals surface area (Å²) >= 11 is 6.67. The molecular weight excluding hydrogens is 1140 g/mol. The number of carbonyl (C=O) groups excluding carboxylic acids is 2. The molecule has 3 aromatic heterocycles. The van der Waals surface area contributed by atoms with Gasteiger partial charge in [-0.15, -0.1) is 0 Å². The minimum absolute atomic E-state index is 0.0256. The molecule has 0 saturated heterocycles. The molecule has 77 heavy (non-hydrogen) atoms. The number of carbonyl (C=O) groups is 2. The summed E-state index contributed by atoms with van der Waals surface area (Å²) < 4.78 is 220. The summed E-state index contributed by atoms with van der Waals surface area (Å²) in [5.41, 5.74) is -7.33. The third-order valence-corrected chi connectivity index (χ3v) is 17.1. The topological polar surface area (TPSA) is 242 Å². The van der Waals surface area contributed by atoms with Gasteiger partial charge in [-0.3, -0.25) is 28.5 Å². The number of hydrogen-bond donors (Lipinski definition) is 3. The Bertz CT molecular complexity index is 3440. The number of sulfone groups is 1. The molecule has 3 heterocycles. The van der Waals surface area contributed by atoms with Crippen LogP contribution < -0.4 is 9.62 Å². The first kappa shape index (κ1) is 59.3. The molecule has 7 rings (SSSR count). The summed E-state index contributed by atoms with van der Waals surface area (Å²) in [5.74, 6) is -12.4. The van der Waals surface area contributed by atoms with Crippen molar-refractivity contribution in [3.63, 3.8) is 0 Å². The number of amides is 1. The van der Waals surface area contributed by atoms with Gasteiger partial charge in [0.2, 0.25) is 15.9 Å². The largest absolute Gasteiger partial charge is 0.469 e. The maximum Gasteiger partial charge on any atom is 0.469 e. The minimum atomic E-state index is -5.23. The van der Waals surface area contributed by atoms with E-state index in [2.05, 4.69) is 25.0 Å². The van der Waals surface area contributed by atoms with E-state index in [9.17, 15) is 66.1 Å². The highest BCUT2D eigenvalue weighted by molar-refractivity contribution is 7.92. The van der Waals surface area contributed by atoms with Gasteiger partial charge in [0.05, 0.1) is 50.7 Å². The van der Waals surface area contributed by atoms with Crippen molar-refractivity contribution >= 4 is 67.9 Å². The zero-order valence-electron chi connectivity index (χ0n) is 41.1. The van der Waals surface area contributed by atoms with Crippen LogP contribution in [-0.4, -0.2) is 99.8 Å². The fourth-order valence-corrected chi connectivity index (χ4v) is 10.7. The molecule has 32 heteroatoms. The highest BCUT2D eigenvalue weighted by Gasteiger charge is 2.68. The number of nitrogens with zero attached hydrogens (tertiary/aromatic N) is 6. The van der Waals surface area contributed by atoms with Gasteiger partial charge in [0.1, 0.15) is 30.4 Å². The first-order valence-corrected chi connectivity index (χ1v) is 28.4. The predicted octanol–water partition coefficient (Wildman–Crippen LogP) is 8.27. The van der Waals surface area contributed by atoms with Gasteiger partial charge >= 0.3 is 26.1 Å². The molecule has 0 aliphatic heterocycles. The lowest BCUT2D eigenvalue weighted by molar-refractivity contribution is -0.155. The van der Waals surface area contributed by atoms with Crippen LogP contribution in [0.2, 0.25) is 5.02 Å². The maximum atomic E-state index is 15.6. The normalized spacial score (nSPS) is 17.3. The van der Waals surface area contributed by atoms with Crippen molar-refractivity contribution < 1.29 is 93.9 Å². The number of aryl methyl sites for hydroxylation is 1. The number of phosphoric acid groups is 1. The van der Waals surface area contributed by atoms with Crippen molar-refractivity contribution in [2.45, 2.75) is 101 Å². The zero-order chi connectivity index (χ0) is 57.6. The lowest BCUT2D eigenvalue weighted by Crippen LogP contribution is -2.38. The van der Waals surface area contributed by atoms with Gasteiger partial charge in [-0.05, 0) is 89.1 Å². The second kappa shape index (κ2) is 20.4. The molecule has 1 fully saturated rings. The number of nitrogens with one attached hydrogen (secondary N) is 1. The summed E-state index contributed by atoms with van der Waals surface area (Å²) in [6.45, 7) is -0.612. The van der Waals surface area contributed by atoms with Crippen LogP contribution in [0.4, 0.5) is 49.7 Å². The van der Waals surface area contributed by atoms with E-state index in [1.165, 1.54) is 26.0 Å². The minimum Gasteiger partial charge on any atom is -0.443 e. The van der Waals surface area contributed by atoms with Gasteiger partial charge in [0.15, 0.2) is 28.1 Å². The van der Waals surface area contributed by atoms with Crippen molar-refractivity contribution in [3.05, 3.63) is 93.0 Å². The fraction of sp³-hybridized carbons (Fsp3) is 0.489. The van der Waals surface area contributed by atoms with Crippen LogP contribution >= 0.6 is 19.4 Å². The Labute approximate surface area is 437 Å². The number of fused-ring (bicyclic) bond motifs is 4. The number of ether oxygens (including phenoxy) is 1. The molecule has 3 N–H and O–H groups in total. The summed E-state index contributed by atoms with van der Waals surface area (Å²) in [6.07, 6.45) is -10.2. The van der Waals surface area contributed by atoms with Gasteiger partial charge in [-0.1, -0.05) is 23.7 Å². The molecule has 0 spiro atoms. The van der Waals surface area contributed by atoms with E-state index in [0.717, 1.165) is 44.4 Å². The zero-order valence-corrected chi connectivity index (χ0v) is 44.4. The van der Waals surface area contributed by atoms with E-state index >= 15 is 8.78 Å². The molecule has 2 aliphatic rings. The number of esters is 1. The summed E-state index contributed by atoms with van der Waals surface area (Å²) in [7, 11) is -13.7. The van der Waals surface area contributed by atoms with Gasteiger partial charge in [0, 0.05) is 40.6 Å². The van der Waals surface area contributed by atoms with Crippen LogP contribution in [0.3, 0.4) is 0 Å². The van der Waals surface area contributed by atoms with E-state index < -0.39 is 175 Å². The molecule has 1 unspecified atom stereocenters. The fourth-order valence-electron chi connectivity index (χ4n) is 8.78. The van der Waals surface area contributed by atoms with E-state index in [-0.39, 0.29) is 55.3 Å². The average Bonchev–Trinajstić information content (AvgIpc) is 3.78. The molecular formula is C45H47ClF10N7O11PS2. The molecule has 2 aliphatic carbocycles. The molecule has 1 amide bonds. The standard InChI is InChI=1S/C45H47ClF10N7O11PS2/c1-41(2,20-74-75(66,67)68)40(65)73-21-63(77(6,71)72)39-34-30(46)10-9-27(36(34)62(60-39)19-43(49,50)51)26-8-7-25(11-12-42(3,4)76(5,69)70)57-35(26)31(15-22-13-23(47)16-24(48)14-22)58-32(64)18-61-38-33(37(59-61)45(54,55)56)28-17-29(28)44(38,52)53/h7-10,13-14,16,28-29,31H,11-12,15,17-21H2,1-6H3,(H,58,64)(H2,66,67,68)/t28?,29-,31+/m1/s1. The van der Waals surface area contributed by atoms with Crippen LogP contribution in [0.5, 0.6) is 0 Å². The average molecular weight is 1180 g/mol. The van der Waals surface area contributed by atoms with Crippen LogP contribution in [-0.2, 0) is 81.3 Å². The van der Waals surface area contributed by atoms with Crippen molar-refractivity contribution in [1.82, 2.24) is 29.9 Å². The van der Waals surface area contributed by atoms with Crippen molar-refractivity contribution in [2.24, 2.45) is 11.3 Å². The quantitative estimate of drug-likeness (QED) is 0.0288. The number of sulfonamides is 1. The smallest absolute Gasteiger partial charge is 0.443 e. The van der Waals surface area contributed by atoms with Crippen molar-refractivity contribution in [3.8, 4) is 11.1 Å². The van der Waals surface area contributed by atoms with Gasteiger partial charge < -0.3 is 19.8 Å². The van der Waals surface area contributed by atoms with E-state index in [0.29, 0.717) is 12.3 Å². The van der Waals surface area contributed by atoms with Crippen molar-refractivity contribution in [1.29, 1.82) is 0 Å². The monoisotopic (exact) mass is 1180 g/mol. The first-order valence-electron chi connectivity index (χ1n) is 22.7. The molecule has 0 bridgehead atoms. The molecule has 3 atom stereocenters. The van der Waals surface area contributed by atoms with Crippen LogP contribution in [0, 0.1) is 23.0 Å². The maximum absolute atomic E-state index is 15.6. The molecule has 1 saturated carbocycles.